The van der Waals surface area contributed by atoms with E-state index in [-0.39, 0.29) is 18.1 Å². The van der Waals surface area contributed by atoms with Gasteiger partial charge >= 0.3 is 5.97 Å². The summed E-state index contributed by atoms with van der Waals surface area (Å²) in [6, 6.07) is 9.14. The topological polar surface area (TPSA) is 74.1 Å². The maximum atomic E-state index is 12.5. The fourth-order valence-electron chi connectivity index (χ4n) is 2.74. The van der Waals surface area contributed by atoms with Gasteiger partial charge in [-0.3, -0.25) is 9.78 Å². The summed E-state index contributed by atoms with van der Waals surface area (Å²) < 4.78 is 6.99. The third kappa shape index (κ3) is 3.65. The normalized spacial score (nSPS) is 10.6. The van der Waals surface area contributed by atoms with Gasteiger partial charge in [-0.1, -0.05) is 17.7 Å². The SMILES string of the molecule is Cc1cc(C(=O)COC(=O)c2cnccn2)c(C)n1-c1cccc(Cl)c1. The number of ether oxygens (including phenoxy) is 1. The van der Waals surface area contributed by atoms with E-state index in [1.807, 2.05) is 36.6 Å². The van der Waals surface area contributed by atoms with Crippen LogP contribution in [-0.2, 0) is 4.74 Å². The number of rotatable bonds is 5. The van der Waals surface area contributed by atoms with Gasteiger partial charge in [0.15, 0.2) is 12.3 Å². The van der Waals surface area contributed by atoms with Crippen molar-refractivity contribution >= 4 is 23.4 Å². The van der Waals surface area contributed by atoms with Crippen molar-refractivity contribution in [2.24, 2.45) is 0 Å². The number of carbonyl (C=O) groups is 2. The average Bonchev–Trinajstić information content (AvgIpc) is 2.94. The third-order valence-corrected chi connectivity index (χ3v) is 4.14. The van der Waals surface area contributed by atoms with Crippen molar-refractivity contribution in [1.29, 1.82) is 0 Å². The van der Waals surface area contributed by atoms with Crippen LogP contribution in [0, 0.1) is 13.8 Å². The van der Waals surface area contributed by atoms with Crippen molar-refractivity contribution in [3.05, 3.63) is 76.6 Å². The van der Waals surface area contributed by atoms with E-state index in [2.05, 4.69) is 9.97 Å². The van der Waals surface area contributed by atoms with E-state index in [9.17, 15) is 9.59 Å². The van der Waals surface area contributed by atoms with Gasteiger partial charge in [0.25, 0.3) is 0 Å². The smallest absolute Gasteiger partial charge is 0.358 e. The fourth-order valence-corrected chi connectivity index (χ4v) is 2.93. The lowest BCUT2D eigenvalue weighted by Gasteiger charge is -2.10. The first-order valence-electron chi connectivity index (χ1n) is 7.88. The minimum absolute atomic E-state index is 0.0599. The number of aromatic nitrogens is 3. The van der Waals surface area contributed by atoms with Crippen LogP contribution in [0.5, 0.6) is 0 Å². The summed E-state index contributed by atoms with van der Waals surface area (Å²) in [7, 11) is 0. The molecule has 26 heavy (non-hydrogen) atoms. The second kappa shape index (κ2) is 7.49. The molecule has 0 radical (unpaired) electrons. The lowest BCUT2D eigenvalue weighted by atomic mass is 10.1. The monoisotopic (exact) mass is 369 g/mol. The van der Waals surface area contributed by atoms with E-state index in [1.165, 1.54) is 18.6 Å². The van der Waals surface area contributed by atoms with Crippen molar-refractivity contribution in [2.75, 3.05) is 6.61 Å². The van der Waals surface area contributed by atoms with Crippen LogP contribution in [0.1, 0.15) is 32.2 Å². The number of carbonyl (C=O) groups excluding carboxylic acids is 2. The molecule has 0 aliphatic rings. The molecule has 3 aromatic rings. The highest BCUT2D eigenvalue weighted by Gasteiger charge is 2.19. The molecule has 0 atom stereocenters. The minimum Gasteiger partial charge on any atom is -0.453 e. The van der Waals surface area contributed by atoms with Gasteiger partial charge in [0, 0.05) is 40.1 Å². The van der Waals surface area contributed by atoms with E-state index in [1.54, 1.807) is 12.1 Å². The Bertz CT molecular complexity index is 967. The highest BCUT2D eigenvalue weighted by atomic mass is 35.5. The van der Waals surface area contributed by atoms with Crippen LogP contribution in [0.25, 0.3) is 5.69 Å². The molecule has 6 nitrogen and oxygen atoms in total. The van der Waals surface area contributed by atoms with E-state index < -0.39 is 5.97 Å². The van der Waals surface area contributed by atoms with E-state index in [0.29, 0.717) is 10.6 Å². The van der Waals surface area contributed by atoms with Crippen LogP contribution in [0.3, 0.4) is 0 Å². The van der Waals surface area contributed by atoms with Gasteiger partial charge in [-0.15, -0.1) is 0 Å². The lowest BCUT2D eigenvalue weighted by Crippen LogP contribution is -2.16. The summed E-state index contributed by atoms with van der Waals surface area (Å²) in [6.45, 7) is 3.37. The summed E-state index contributed by atoms with van der Waals surface area (Å²) in [5.74, 6) is -0.973. The molecule has 132 valence electrons. The van der Waals surface area contributed by atoms with Crippen molar-refractivity contribution in [3.8, 4) is 5.69 Å². The van der Waals surface area contributed by atoms with Gasteiger partial charge in [-0.2, -0.15) is 0 Å². The standard InChI is InChI=1S/C19H16ClN3O3/c1-12-8-16(13(2)23(12)15-5-3-4-14(20)9-15)18(24)11-26-19(25)17-10-21-6-7-22-17/h3-10H,11H2,1-2H3. The minimum atomic E-state index is -0.685. The number of ketones is 1. The molecule has 7 heteroatoms. The number of nitrogens with zero attached hydrogens (tertiary/aromatic N) is 3. The average molecular weight is 370 g/mol. The van der Waals surface area contributed by atoms with Crippen molar-refractivity contribution < 1.29 is 14.3 Å². The van der Waals surface area contributed by atoms with Gasteiger partial charge in [0.1, 0.15) is 0 Å². The molecule has 0 aliphatic heterocycles. The molecule has 0 spiro atoms. The molecular weight excluding hydrogens is 354 g/mol. The first-order valence-corrected chi connectivity index (χ1v) is 8.26. The summed E-state index contributed by atoms with van der Waals surface area (Å²) in [4.78, 5) is 32.1. The number of esters is 1. The predicted molar refractivity (Wildman–Crippen MR) is 96.9 cm³/mol. The maximum absolute atomic E-state index is 12.5. The lowest BCUT2D eigenvalue weighted by molar-refractivity contribution is 0.0468. The number of Topliss-reactive ketones (excluding diaryl/α,β-unsaturated/α-hetero) is 1. The van der Waals surface area contributed by atoms with Crippen molar-refractivity contribution in [1.82, 2.24) is 14.5 Å². The Kier molecular flexibility index (Phi) is 5.14. The first-order chi connectivity index (χ1) is 12.5. The number of benzene rings is 1. The number of hydrogen-bond donors (Lipinski definition) is 0. The molecule has 3 rings (SSSR count). The quantitative estimate of drug-likeness (QED) is 0.507. The van der Waals surface area contributed by atoms with Crippen LogP contribution in [0.4, 0.5) is 0 Å². The molecule has 1 aromatic carbocycles. The second-order valence-electron chi connectivity index (χ2n) is 5.69. The highest BCUT2D eigenvalue weighted by Crippen LogP contribution is 2.23. The van der Waals surface area contributed by atoms with Crippen LogP contribution in [-0.4, -0.2) is 32.9 Å². The zero-order chi connectivity index (χ0) is 18.7. The molecule has 0 amide bonds. The molecule has 0 N–H and O–H groups in total. The van der Waals surface area contributed by atoms with E-state index >= 15 is 0 Å². The Morgan fingerprint density at radius 1 is 1.19 bits per heavy atom. The zero-order valence-electron chi connectivity index (χ0n) is 14.3. The van der Waals surface area contributed by atoms with Crippen molar-refractivity contribution in [3.63, 3.8) is 0 Å². The summed E-state index contributed by atoms with van der Waals surface area (Å²) in [5.41, 5.74) is 3.06. The van der Waals surface area contributed by atoms with Crippen LogP contribution in [0.15, 0.2) is 48.9 Å². The molecule has 0 aliphatic carbocycles. The van der Waals surface area contributed by atoms with E-state index in [4.69, 9.17) is 16.3 Å². The van der Waals surface area contributed by atoms with Gasteiger partial charge in [0.2, 0.25) is 5.78 Å². The van der Waals surface area contributed by atoms with Gasteiger partial charge < -0.3 is 9.30 Å². The molecule has 0 bridgehead atoms. The number of halogens is 1. The van der Waals surface area contributed by atoms with Crippen molar-refractivity contribution in [2.45, 2.75) is 13.8 Å². The predicted octanol–water partition coefficient (Wildman–Crippen LogP) is 3.58. The van der Waals surface area contributed by atoms with E-state index in [0.717, 1.165) is 17.1 Å². The summed E-state index contributed by atoms with van der Waals surface area (Å²) in [6.07, 6.45) is 4.13. The number of aryl methyl sites for hydroxylation is 1. The summed E-state index contributed by atoms with van der Waals surface area (Å²) >= 11 is 6.06. The van der Waals surface area contributed by atoms with Gasteiger partial charge in [-0.25, -0.2) is 9.78 Å². The fraction of sp³-hybridized carbons (Fsp3) is 0.158. The van der Waals surface area contributed by atoms with Gasteiger partial charge in [0.05, 0.1) is 6.20 Å². The molecule has 2 aromatic heterocycles. The Morgan fingerprint density at radius 3 is 2.69 bits per heavy atom. The molecular formula is C19H16ClN3O3. The van der Waals surface area contributed by atoms with Crippen LogP contribution in [0.2, 0.25) is 5.02 Å². The third-order valence-electron chi connectivity index (χ3n) is 3.90. The maximum Gasteiger partial charge on any atom is 0.358 e. The molecule has 0 saturated heterocycles. The van der Waals surface area contributed by atoms with Crippen LogP contribution < -0.4 is 0 Å². The molecule has 0 unspecified atom stereocenters. The number of hydrogen-bond acceptors (Lipinski definition) is 5. The van der Waals surface area contributed by atoms with Crippen LogP contribution >= 0.6 is 11.6 Å². The Labute approximate surface area is 155 Å². The Morgan fingerprint density at radius 2 is 2.00 bits per heavy atom. The Hall–Kier alpha value is -2.99. The second-order valence-corrected chi connectivity index (χ2v) is 6.13. The highest BCUT2D eigenvalue weighted by molar-refractivity contribution is 6.30. The largest absolute Gasteiger partial charge is 0.453 e. The first kappa shape index (κ1) is 17.8. The molecule has 0 fully saturated rings. The van der Waals surface area contributed by atoms with Gasteiger partial charge in [-0.05, 0) is 38.1 Å². The molecule has 2 heterocycles. The summed E-state index contributed by atoms with van der Waals surface area (Å²) in [5, 5.41) is 0.612. The zero-order valence-corrected chi connectivity index (χ0v) is 15.0. The Balaban J connectivity index is 1.78. The molecule has 0 saturated carbocycles.